The van der Waals surface area contributed by atoms with Crippen molar-refractivity contribution in [2.75, 3.05) is 0 Å². The van der Waals surface area contributed by atoms with Gasteiger partial charge in [-0.2, -0.15) is 0 Å². The number of hydrogen-bond donors (Lipinski definition) is 7. The topological polar surface area (TPSA) is 237 Å². The maximum absolute atomic E-state index is 12.5. The van der Waals surface area contributed by atoms with E-state index in [0.29, 0.717) is 0 Å². The number of carbonyl (C=O) groups excluding carboxylic acids is 5. The first-order valence-electron chi connectivity index (χ1n) is 8.72. The normalized spacial score (nSPS) is 14.8. The fraction of sp³-hybridized carbons (Fsp3) is 0.625. The monoisotopic (exact) mass is 416 g/mol. The molecule has 29 heavy (non-hydrogen) atoms. The third-order valence-electron chi connectivity index (χ3n) is 3.72. The quantitative estimate of drug-likeness (QED) is 0.166. The van der Waals surface area contributed by atoms with Gasteiger partial charge in [-0.25, -0.2) is 4.79 Å². The Balaban J connectivity index is 5.39. The number of nitrogens with two attached hydrogens (primary N) is 3. The molecule has 4 atom stereocenters. The molecular formula is C16H28N6O7. The zero-order valence-electron chi connectivity index (χ0n) is 16.4. The summed E-state index contributed by atoms with van der Waals surface area (Å²) in [6.45, 7) is 4.50. The Hall–Kier alpha value is -3.22. The highest BCUT2D eigenvalue weighted by molar-refractivity contribution is 5.96. The minimum Gasteiger partial charge on any atom is -0.480 e. The van der Waals surface area contributed by atoms with Gasteiger partial charge in [-0.05, 0) is 12.8 Å². The molecule has 0 aliphatic heterocycles. The number of rotatable bonds is 12. The molecule has 4 unspecified atom stereocenters. The maximum atomic E-state index is 12.5. The summed E-state index contributed by atoms with van der Waals surface area (Å²) in [6, 6.07) is -5.18. The first-order chi connectivity index (χ1) is 13.3. The second-order valence-electron chi connectivity index (χ2n) is 6.82. The van der Waals surface area contributed by atoms with Gasteiger partial charge in [0.15, 0.2) is 0 Å². The first kappa shape index (κ1) is 25.8. The van der Waals surface area contributed by atoms with Crippen molar-refractivity contribution in [2.45, 2.75) is 57.8 Å². The molecule has 0 heterocycles. The summed E-state index contributed by atoms with van der Waals surface area (Å²) in [5.41, 5.74) is 15.5. The van der Waals surface area contributed by atoms with Crippen LogP contribution in [-0.4, -0.2) is 64.8 Å². The van der Waals surface area contributed by atoms with Crippen LogP contribution in [0, 0.1) is 5.92 Å². The Morgan fingerprint density at radius 3 is 1.59 bits per heavy atom. The number of primary amides is 2. The van der Waals surface area contributed by atoms with Crippen molar-refractivity contribution >= 4 is 35.5 Å². The Morgan fingerprint density at radius 2 is 1.21 bits per heavy atom. The van der Waals surface area contributed by atoms with Crippen LogP contribution >= 0.6 is 0 Å². The van der Waals surface area contributed by atoms with Gasteiger partial charge in [-0.15, -0.1) is 0 Å². The number of amides is 5. The molecule has 0 rings (SSSR count). The summed E-state index contributed by atoms with van der Waals surface area (Å²) >= 11 is 0. The van der Waals surface area contributed by atoms with Crippen LogP contribution in [0.15, 0.2) is 0 Å². The maximum Gasteiger partial charge on any atom is 0.326 e. The number of aliphatic carboxylic acids is 1. The van der Waals surface area contributed by atoms with Crippen LogP contribution in [0.5, 0.6) is 0 Å². The van der Waals surface area contributed by atoms with Crippen LogP contribution in [0.4, 0.5) is 0 Å². The minimum absolute atomic E-state index is 0.514. The smallest absolute Gasteiger partial charge is 0.326 e. The third kappa shape index (κ3) is 9.51. The van der Waals surface area contributed by atoms with Gasteiger partial charge >= 0.3 is 5.97 Å². The molecule has 0 bridgehead atoms. The molecule has 0 aliphatic carbocycles. The van der Waals surface area contributed by atoms with Crippen LogP contribution in [0.25, 0.3) is 0 Å². The molecule has 0 saturated carbocycles. The van der Waals surface area contributed by atoms with E-state index in [9.17, 15) is 28.8 Å². The number of carboxylic acid groups (broad SMARTS) is 1. The molecule has 0 aromatic rings. The van der Waals surface area contributed by atoms with Crippen molar-refractivity contribution < 1.29 is 33.9 Å². The molecule has 5 amide bonds. The fourth-order valence-electron chi connectivity index (χ4n) is 2.17. The highest BCUT2D eigenvalue weighted by atomic mass is 16.4. The summed E-state index contributed by atoms with van der Waals surface area (Å²) in [4.78, 5) is 70.1. The third-order valence-corrected chi connectivity index (χ3v) is 3.72. The van der Waals surface area contributed by atoms with Crippen LogP contribution in [0.1, 0.15) is 33.6 Å². The summed E-state index contributed by atoms with van der Waals surface area (Å²) in [5.74, 6) is -6.32. The van der Waals surface area contributed by atoms with E-state index in [1.54, 1.807) is 13.8 Å². The van der Waals surface area contributed by atoms with Gasteiger partial charge < -0.3 is 38.3 Å². The average Bonchev–Trinajstić information content (AvgIpc) is 2.56. The predicted molar refractivity (Wildman–Crippen MR) is 99.5 cm³/mol. The zero-order valence-corrected chi connectivity index (χ0v) is 16.4. The van der Waals surface area contributed by atoms with Crippen molar-refractivity contribution in [2.24, 2.45) is 23.1 Å². The number of carbonyl (C=O) groups is 6. The van der Waals surface area contributed by atoms with E-state index in [2.05, 4.69) is 16.0 Å². The zero-order chi connectivity index (χ0) is 22.9. The lowest BCUT2D eigenvalue weighted by atomic mass is 10.0. The fourth-order valence-corrected chi connectivity index (χ4v) is 2.17. The van der Waals surface area contributed by atoms with Crippen LogP contribution < -0.4 is 33.2 Å². The van der Waals surface area contributed by atoms with Gasteiger partial charge in [0.05, 0.1) is 18.9 Å². The highest BCUT2D eigenvalue weighted by Gasteiger charge is 2.32. The summed E-state index contributed by atoms with van der Waals surface area (Å²) in [5, 5.41) is 15.8. The molecule has 0 aliphatic rings. The molecule has 164 valence electrons. The average molecular weight is 416 g/mol. The van der Waals surface area contributed by atoms with E-state index in [-0.39, 0.29) is 0 Å². The van der Waals surface area contributed by atoms with E-state index in [1.165, 1.54) is 6.92 Å². The molecule has 13 heteroatoms. The molecule has 0 saturated heterocycles. The van der Waals surface area contributed by atoms with Gasteiger partial charge in [0, 0.05) is 0 Å². The molecule has 0 aromatic heterocycles. The number of carboxylic acids is 1. The molecule has 0 spiro atoms. The summed E-state index contributed by atoms with van der Waals surface area (Å²) in [7, 11) is 0. The Morgan fingerprint density at radius 1 is 0.759 bits per heavy atom. The van der Waals surface area contributed by atoms with Crippen molar-refractivity contribution in [1.82, 2.24) is 16.0 Å². The molecule has 0 aromatic carbocycles. The minimum atomic E-state index is -1.59. The second kappa shape index (κ2) is 11.6. The Kier molecular flexibility index (Phi) is 10.3. The lowest BCUT2D eigenvalue weighted by Gasteiger charge is -2.26. The highest BCUT2D eigenvalue weighted by Crippen LogP contribution is 2.05. The SMILES string of the molecule is CC(N)C(=O)NC(CC(N)=O)C(=O)NC(C(=O)NC(CC(N)=O)C(=O)O)C(C)C. The van der Waals surface area contributed by atoms with Gasteiger partial charge in [0.25, 0.3) is 0 Å². The van der Waals surface area contributed by atoms with Crippen molar-refractivity contribution in [3.8, 4) is 0 Å². The molecular weight excluding hydrogens is 388 g/mol. The number of hydrogen-bond acceptors (Lipinski definition) is 7. The summed E-state index contributed by atoms with van der Waals surface area (Å²) in [6.07, 6.45) is -1.19. The van der Waals surface area contributed by atoms with Crippen molar-refractivity contribution in [3.63, 3.8) is 0 Å². The first-order valence-corrected chi connectivity index (χ1v) is 8.72. The van der Waals surface area contributed by atoms with Gasteiger partial charge in [-0.1, -0.05) is 13.8 Å². The van der Waals surface area contributed by atoms with E-state index >= 15 is 0 Å². The second-order valence-corrected chi connectivity index (χ2v) is 6.82. The van der Waals surface area contributed by atoms with Gasteiger partial charge in [0.2, 0.25) is 29.5 Å². The van der Waals surface area contributed by atoms with E-state index in [0.717, 1.165) is 0 Å². The van der Waals surface area contributed by atoms with E-state index < -0.39 is 78.4 Å². The predicted octanol–water partition coefficient (Wildman–Crippen LogP) is -3.72. The van der Waals surface area contributed by atoms with E-state index in [4.69, 9.17) is 22.3 Å². The largest absolute Gasteiger partial charge is 0.480 e. The molecule has 0 fully saturated rings. The van der Waals surface area contributed by atoms with E-state index in [1.807, 2.05) is 0 Å². The molecule has 0 radical (unpaired) electrons. The van der Waals surface area contributed by atoms with Gasteiger partial charge in [-0.3, -0.25) is 24.0 Å². The van der Waals surface area contributed by atoms with Crippen LogP contribution in [-0.2, 0) is 28.8 Å². The Bertz CT molecular complexity index is 664. The molecule has 13 nitrogen and oxygen atoms in total. The van der Waals surface area contributed by atoms with Crippen molar-refractivity contribution in [1.29, 1.82) is 0 Å². The summed E-state index contributed by atoms with van der Waals surface area (Å²) < 4.78 is 0. The van der Waals surface area contributed by atoms with Gasteiger partial charge in [0.1, 0.15) is 18.1 Å². The standard InChI is InChI=1S/C16H28N6O7/c1-6(2)12(15(27)21-9(16(28)29)5-11(19)24)22-14(26)8(4-10(18)23)20-13(25)7(3)17/h6-9,12H,4-5,17H2,1-3H3,(H2,18,23)(H2,19,24)(H,20,25)(H,21,27)(H,22,26)(H,28,29). The Labute approximate surface area is 167 Å². The van der Waals surface area contributed by atoms with Crippen molar-refractivity contribution in [3.05, 3.63) is 0 Å². The van der Waals surface area contributed by atoms with Crippen LogP contribution in [0.3, 0.4) is 0 Å². The number of nitrogens with one attached hydrogen (secondary N) is 3. The van der Waals surface area contributed by atoms with Crippen LogP contribution in [0.2, 0.25) is 0 Å². The lowest BCUT2D eigenvalue weighted by molar-refractivity contribution is -0.144. The lowest BCUT2D eigenvalue weighted by Crippen LogP contribution is -2.59. The molecule has 10 N–H and O–H groups in total.